The van der Waals surface area contributed by atoms with Crippen LogP contribution in [-0.4, -0.2) is 39.9 Å². The first-order chi connectivity index (χ1) is 14.4. The Bertz CT molecular complexity index is 1090. The molecule has 2 aromatic rings. The lowest BCUT2D eigenvalue weighted by Gasteiger charge is -2.22. The van der Waals surface area contributed by atoms with Gasteiger partial charge in [-0.05, 0) is 38.8 Å². The van der Waals surface area contributed by atoms with E-state index in [1.165, 1.54) is 18.7 Å². The van der Waals surface area contributed by atoms with Crippen LogP contribution in [0.3, 0.4) is 0 Å². The Balaban J connectivity index is 2.30. The van der Waals surface area contributed by atoms with Crippen LogP contribution in [0.4, 0.5) is 4.79 Å². The van der Waals surface area contributed by atoms with E-state index in [0.29, 0.717) is 16.8 Å². The molecule has 1 aromatic carbocycles. The predicted molar refractivity (Wildman–Crippen MR) is 116 cm³/mol. The Hall–Kier alpha value is -3.36. The number of amides is 1. The number of nitrogens with zero attached hydrogens (tertiary/aromatic N) is 2. The Labute approximate surface area is 180 Å². The normalized spacial score (nSPS) is 12.2. The van der Waals surface area contributed by atoms with Crippen molar-refractivity contribution in [2.24, 2.45) is 14.1 Å². The zero-order valence-corrected chi connectivity index (χ0v) is 18.9. The van der Waals surface area contributed by atoms with Gasteiger partial charge in [0, 0.05) is 26.2 Å². The standard InChI is InChI=1S/C22H29N3O6/c1-13-17(18(26)25(6)21(29)24(13)5)15-10-8-14(9-11-15)12-16(19(27)30-7)23-20(28)31-22(2,3)4/h8-11,16H,12H2,1-7H3,(H,23,28). The highest BCUT2D eigenvalue weighted by molar-refractivity contribution is 5.81. The largest absolute Gasteiger partial charge is 0.467 e. The average molecular weight is 431 g/mol. The van der Waals surface area contributed by atoms with E-state index < -0.39 is 29.4 Å². The summed E-state index contributed by atoms with van der Waals surface area (Å²) >= 11 is 0. The van der Waals surface area contributed by atoms with Crippen LogP contribution in [0, 0.1) is 6.92 Å². The second-order valence-electron chi connectivity index (χ2n) is 8.29. The summed E-state index contributed by atoms with van der Waals surface area (Å²) in [6.07, 6.45) is -0.542. The van der Waals surface area contributed by atoms with Gasteiger partial charge in [0.25, 0.3) is 5.56 Å². The topological polar surface area (TPSA) is 109 Å². The maximum atomic E-state index is 12.6. The Morgan fingerprint density at radius 1 is 1.06 bits per heavy atom. The van der Waals surface area contributed by atoms with E-state index in [1.807, 2.05) is 0 Å². The highest BCUT2D eigenvalue weighted by Crippen LogP contribution is 2.20. The molecule has 1 N–H and O–H groups in total. The van der Waals surface area contributed by atoms with Crippen molar-refractivity contribution in [3.63, 3.8) is 0 Å². The number of ether oxygens (including phenoxy) is 2. The minimum absolute atomic E-state index is 0.177. The maximum Gasteiger partial charge on any atom is 0.408 e. The molecule has 0 fully saturated rings. The first-order valence-corrected chi connectivity index (χ1v) is 9.79. The Morgan fingerprint density at radius 3 is 2.16 bits per heavy atom. The molecule has 0 aliphatic carbocycles. The molecule has 1 unspecified atom stereocenters. The minimum Gasteiger partial charge on any atom is -0.467 e. The van der Waals surface area contributed by atoms with Gasteiger partial charge in [0.05, 0.1) is 12.7 Å². The van der Waals surface area contributed by atoms with Gasteiger partial charge in [-0.3, -0.25) is 9.36 Å². The number of hydrogen-bond donors (Lipinski definition) is 1. The van der Waals surface area contributed by atoms with Gasteiger partial charge in [-0.2, -0.15) is 0 Å². The lowest BCUT2D eigenvalue weighted by Crippen LogP contribution is -2.45. The summed E-state index contributed by atoms with van der Waals surface area (Å²) in [4.78, 5) is 48.9. The van der Waals surface area contributed by atoms with Gasteiger partial charge < -0.3 is 19.4 Å². The lowest BCUT2D eigenvalue weighted by molar-refractivity contribution is -0.143. The summed E-state index contributed by atoms with van der Waals surface area (Å²) in [5.41, 5.74) is 0.894. The van der Waals surface area contributed by atoms with Gasteiger partial charge in [0.1, 0.15) is 11.6 Å². The fourth-order valence-electron chi connectivity index (χ4n) is 3.11. The molecule has 0 bridgehead atoms. The van der Waals surface area contributed by atoms with Gasteiger partial charge in [-0.1, -0.05) is 24.3 Å². The summed E-state index contributed by atoms with van der Waals surface area (Å²) in [6.45, 7) is 6.89. The van der Waals surface area contributed by atoms with E-state index in [1.54, 1.807) is 59.0 Å². The minimum atomic E-state index is -0.933. The molecule has 0 aliphatic heterocycles. The number of carbonyl (C=O) groups excluding carboxylic acids is 2. The third-order valence-corrected chi connectivity index (χ3v) is 4.82. The number of methoxy groups -OCH3 is 1. The van der Waals surface area contributed by atoms with Crippen LogP contribution < -0.4 is 16.6 Å². The van der Waals surface area contributed by atoms with Gasteiger partial charge >= 0.3 is 17.8 Å². The van der Waals surface area contributed by atoms with Crippen molar-refractivity contribution in [3.8, 4) is 11.1 Å². The zero-order valence-electron chi connectivity index (χ0n) is 18.9. The number of rotatable bonds is 5. The van der Waals surface area contributed by atoms with Crippen LogP contribution in [0.25, 0.3) is 11.1 Å². The Kier molecular flexibility index (Phi) is 7.09. The van der Waals surface area contributed by atoms with Crippen molar-refractivity contribution in [2.45, 2.75) is 45.8 Å². The number of hydrogen-bond acceptors (Lipinski definition) is 6. The van der Waals surface area contributed by atoms with Crippen molar-refractivity contribution >= 4 is 12.1 Å². The van der Waals surface area contributed by atoms with Crippen LogP contribution in [0.15, 0.2) is 33.9 Å². The quantitative estimate of drug-likeness (QED) is 0.722. The van der Waals surface area contributed by atoms with E-state index in [4.69, 9.17) is 9.47 Å². The van der Waals surface area contributed by atoms with Crippen molar-refractivity contribution in [3.05, 3.63) is 56.4 Å². The van der Waals surface area contributed by atoms with Gasteiger partial charge in [-0.15, -0.1) is 0 Å². The summed E-state index contributed by atoms with van der Waals surface area (Å²) in [5.74, 6) is -0.599. The van der Waals surface area contributed by atoms with Crippen LogP contribution in [0.5, 0.6) is 0 Å². The molecular formula is C22H29N3O6. The smallest absolute Gasteiger partial charge is 0.408 e. The molecule has 1 heterocycles. The summed E-state index contributed by atoms with van der Waals surface area (Å²) in [5, 5.41) is 2.53. The SMILES string of the molecule is COC(=O)C(Cc1ccc(-c2c(C)n(C)c(=O)n(C)c2=O)cc1)NC(=O)OC(C)(C)C. The van der Waals surface area contributed by atoms with E-state index in [-0.39, 0.29) is 12.0 Å². The van der Waals surface area contributed by atoms with E-state index in [0.717, 1.165) is 10.1 Å². The molecular weight excluding hydrogens is 402 g/mol. The molecule has 1 aromatic heterocycles. The maximum absolute atomic E-state index is 12.6. The van der Waals surface area contributed by atoms with Crippen molar-refractivity contribution in [2.75, 3.05) is 7.11 Å². The molecule has 9 nitrogen and oxygen atoms in total. The first kappa shape index (κ1) is 23.9. The van der Waals surface area contributed by atoms with Crippen LogP contribution in [0.2, 0.25) is 0 Å². The van der Waals surface area contributed by atoms with Crippen molar-refractivity contribution in [1.29, 1.82) is 0 Å². The molecule has 9 heteroatoms. The van der Waals surface area contributed by atoms with Crippen LogP contribution >= 0.6 is 0 Å². The van der Waals surface area contributed by atoms with Crippen LogP contribution in [0.1, 0.15) is 32.0 Å². The molecule has 31 heavy (non-hydrogen) atoms. The number of benzene rings is 1. The molecule has 0 radical (unpaired) electrons. The van der Waals surface area contributed by atoms with E-state index in [2.05, 4.69) is 5.32 Å². The molecule has 1 atom stereocenters. The number of carbonyl (C=O) groups is 2. The molecule has 2 rings (SSSR count). The molecule has 0 saturated heterocycles. The predicted octanol–water partition coefficient (Wildman–Crippen LogP) is 1.67. The second-order valence-corrected chi connectivity index (χ2v) is 8.29. The van der Waals surface area contributed by atoms with E-state index >= 15 is 0 Å². The van der Waals surface area contributed by atoms with Gasteiger partial charge in [-0.25, -0.2) is 14.4 Å². The number of esters is 1. The monoisotopic (exact) mass is 431 g/mol. The molecule has 1 amide bonds. The molecule has 168 valence electrons. The third-order valence-electron chi connectivity index (χ3n) is 4.82. The number of nitrogens with one attached hydrogen (secondary N) is 1. The highest BCUT2D eigenvalue weighted by Gasteiger charge is 2.25. The van der Waals surface area contributed by atoms with E-state index in [9.17, 15) is 19.2 Å². The highest BCUT2D eigenvalue weighted by atomic mass is 16.6. The fourth-order valence-corrected chi connectivity index (χ4v) is 3.11. The number of aromatic nitrogens is 2. The van der Waals surface area contributed by atoms with Gasteiger partial charge in [0.2, 0.25) is 0 Å². The average Bonchev–Trinajstić information content (AvgIpc) is 2.69. The summed E-state index contributed by atoms with van der Waals surface area (Å²) in [6, 6.07) is 6.06. The van der Waals surface area contributed by atoms with Gasteiger partial charge in [0.15, 0.2) is 0 Å². The second kappa shape index (κ2) is 9.20. The van der Waals surface area contributed by atoms with Crippen molar-refractivity contribution < 1.29 is 19.1 Å². The first-order valence-electron chi connectivity index (χ1n) is 9.79. The lowest BCUT2D eigenvalue weighted by atomic mass is 10.0. The Morgan fingerprint density at radius 2 is 1.65 bits per heavy atom. The summed E-state index contributed by atoms with van der Waals surface area (Å²) in [7, 11) is 4.29. The number of alkyl carbamates (subject to hydrolysis) is 1. The summed E-state index contributed by atoms with van der Waals surface area (Å²) < 4.78 is 12.5. The zero-order chi connectivity index (χ0) is 23.5. The molecule has 0 spiro atoms. The van der Waals surface area contributed by atoms with Crippen molar-refractivity contribution in [1.82, 2.24) is 14.5 Å². The third kappa shape index (κ3) is 5.62. The van der Waals surface area contributed by atoms with Crippen LogP contribution in [-0.2, 0) is 34.8 Å². The molecule has 0 saturated carbocycles. The molecule has 0 aliphatic rings. The fraction of sp³-hybridized carbons (Fsp3) is 0.455.